The standard InChI is InChI=1S/C8H14N2S2/c1-12(2,11)10-7-8-4-3-5-9-6-8/h3-6,10-11H,7H2,1-2H3. The Bertz CT molecular complexity index is 231. The Kier molecular flexibility index (Phi) is 3.43. The van der Waals surface area contributed by atoms with Crippen molar-refractivity contribution in [1.82, 2.24) is 9.71 Å². The van der Waals surface area contributed by atoms with Crippen LogP contribution >= 0.6 is 20.9 Å². The summed E-state index contributed by atoms with van der Waals surface area (Å²) in [6.45, 7) is 0.847. The van der Waals surface area contributed by atoms with Gasteiger partial charge in [-0.3, -0.25) is 9.71 Å². The van der Waals surface area contributed by atoms with Gasteiger partial charge in [-0.25, -0.2) is 0 Å². The maximum Gasteiger partial charge on any atom is 0.0317 e. The SMILES string of the molecule is CS(C)(S)NCc1cccnc1. The van der Waals surface area contributed by atoms with Gasteiger partial charge in [0.25, 0.3) is 0 Å². The Labute approximate surface area is 80.0 Å². The fourth-order valence-corrected chi connectivity index (χ4v) is 1.48. The lowest BCUT2D eigenvalue weighted by Gasteiger charge is -2.25. The molecule has 1 heterocycles. The number of hydrogen-bond acceptors (Lipinski definition) is 3. The number of aromatic nitrogens is 1. The molecule has 0 bridgehead atoms. The molecule has 1 N–H and O–H groups in total. The van der Waals surface area contributed by atoms with Gasteiger partial charge >= 0.3 is 0 Å². The van der Waals surface area contributed by atoms with Gasteiger partial charge in [0.05, 0.1) is 0 Å². The molecule has 0 saturated carbocycles. The van der Waals surface area contributed by atoms with Gasteiger partial charge in [0.1, 0.15) is 0 Å². The second-order valence-electron chi connectivity index (χ2n) is 2.96. The van der Waals surface area contributed by atoms with Crippen LogP contribution < -0.4 is 4.72 Å². The Hall–Kier alpha value is -0.190. The molecule has 2 nitrogen and oxygen atoms in total. The first kappa shape index (κ1) is 9.89. The zero-order chi connectivity index (χ0) is 9.03. The van der Waals surface area contributed by atoms with E-state index in [1.807, 2.05) is 12.3 Å². The molecule has 0 aromatic carbocycles. The molecule has 12 heavy (non-hydrogen) atoms. The highest BCUT2D eigenvalue weighted by Crippen LogP contribution is 2.39. The summed E-state index contributed by atoms with van der Waals surface area (Å²) in [7, 11) is -0.906. The van der Waals surface area contributed by atoms with Crippen LogP contribution in [0.15, 0.2) is 24.5 Å². The summed E-state index contributed by atoms with van der Waals surface area (Å²) in [5.74, 6) is 0. The predicted molar refractivity (Wildman–Crippen MR) is 59.5 cm³/mol. The van der Waals surface area contributed by atoms with Gasteiger partial charge in [0, 0.05) is 18.9 Å². The van der Waals surface area contributed by atoms with Crippen LogP contribution in [-0.4, -0.2) is 17.5 Å². The van der Waals surface area contributed by atoms with E-state index >= 15 is 0 Å². The molecular weight excluding hydrogens is 188 g/mol. The Morgan fingerprint density at radius 2 is 2.33 bits per heavy atom. The second-order valence-corrected chi connectivity index (χ2v) is 8.53. The molecule has 0 aliphatic carbocycles. The van der Waals surface area contributed by atoms with E-state index in [0.29, 0.717) is 0 Å². The zero-order valence-corrected chi connectivity index (χ0v) is 9.03. The molecule has 0 amide bonds. The fourth-order valence-electron chi connectivity index (χ4n) is 0.763. The predicted octanol–water partition coefficient (Wildman–Crippen LogP) is 2.00. The summed E-state index contributed by atoms with van der Waals surface area (Å²) in [4.78, 5) is 4.03. The highest BCUT2D eigenvalue weighted by Gasteiger charge is 2.02. The third-order valence-corrected chi connectivity index (χ3v) is 2.59. The molecule has 0 atom stereocenters. The Morgan fingerprint density at radius 1 is 1.58 bits per heavy atom. The van der Waals surface area contributed by atoms with E-state index < -0.39 is 9.25 Å². The summed E-state index contributed by atoms with van der Waals surface area (Å²) in [6.07, 6.45) is 7.85. The Balaban J connectivity index is 2.44. The number of nitrogens with one attached hydrogen (secondary N) is 1. The fraction of sp³-hybridized carbons (Fsp3) is 0.375. The van der Waals surface area contributed by atoms with Crippen molar-refractivity contribution in [3.63, 3.8) is 0 Å². The first-order valence-corrected chi connectivity index (χ1v) is 7.17. The van der Waals surface area contributed by atoms with Crippen LogP contribution in [0.3, 0.4) is 0 Å². The van der Waals surface area contributed by atoms with Crippen molar-refractivity contribution in [2.45, 2.75) is 6.54 Å². The number of nitrogens with zero attached hydrogens (tertiary/aromatic N) is 1. The van der Waals surface area contributed by atoms with Gasteiger partial charge in [-0.15, -0.1) is 20.9 Å². The molecular formula is C8H14N2S2. The summed E-state index contributed by atoms with van der Waals surface area (Å²) >= 11 is 4.44. The van der Waals surface area contributed by atoms with Crippen molar-refractivity contribution in [2.24, 2.45) is 0 Å². The Morgan fingerprint density at radius 3 is 2.83 bits per heavy atom. The molecule has 0 spiro atoms. The van der Waals surface area contributed by atoms with Crippen molar-refractivity contribution in [3.05, 3.63) is 30.1 Å². The van der Waals surface area contributed by atoms with Crippen molar-refractivity contribution in [1.29, 1.82) is 0 Å². The van der Waals surface area contributed by atoms with Crippen LogP contribution in [0.4, 0.5) is 0 Å². The van der Waals surface area contributed by atoms with Crippen LogP contribution in [0.2, 0.25) is 0 Å². The van der Waals surface area contributed by atoms with Crippen LogP contribution in [0.25, 0.3) is 0 Å². The lowest BCUT2D eigenvalue weighted by Crippen LogP contribution is -2.13. The van der Waals surface area contributed by atoms with Crippen molar-refractivity contribution < 1.29 is 0 Å². The molecule has 0 saturated heterocycles. The molecule has 1 aromatic heterocycles. The zero-order valence-electron chi connectivity index (χ0n) is 7.32. The van der Waals surface area contributed by atoms with Gasteiger partial charge in [0.15, 0.2) is 0 Å². The molecule has 0 unspecified atom stereocenters. The lowest BCUT2D eigenvalue weighted by molar-refractivity contribution is 0.959. The van der Waals surface area contributed by atoms with E-state index in [1.54, 1.807) is 6.20 Å². The van der Waals surface area contributed by atoms with Crippen molar-refractivity contribution in [2.75, 3.05) is 12.5 Å². The van der Waals surface area contributed by atoms with Gasteiger partial charge in [-0.05, 0) is 24.1 Å². The highest BCUT2D eigenvalue weighted by atomic mass is 33.1. The topological polar surface area (TPSA) is 24.9 Å². The van der Waals surface area contributed by atoms with Crippen LogP contribution in [-0.2, 0) is 6.54 Å². The molecule has 0 aliphatic heterocycles. The number of rotatable bonds is 3. The molecule has 0 aliphatic rings. The molecule has 0 fully saturated rings. The van der Waals surface area contributed by atoms with E-state index in [0.717, 1.165) is 6.54 Å². The van der Waals surface area contributed by atoms with E-state index in [4.69, 9.17) is 0 Å². The lowest BCUT2D eigenvalue weighted by atomic mass is 10.3. The van der Waals surface area contributed by atoms with Crippen molar-refractivity contribution in [3.8, 4) is 0 Å². The van der Waals surface area contributed by atoms with Gasteiger partial charge in [-0.2, -0.15) is 0 Å². The maximum absolute atomic E-state index is 4.44. The second kappa shape index (κ2) is 4.16. The largest absolute Gasteiger partial charge is 0.269 e. The average molecular weight is 202 g/mol. The van der Waals surface area contributed by atoms with Gasteiger partial charge < -0.3 is 0 Å². The third-order valence-electron chi connectivity index (χ3n) is 1.35. The maximum atomic E-state index is 4.44. The highest BCUT2D eigenvalue weighted by molar-refractivity contribution is 8.86. The van der Waals surface area contributed by atoms with E-state index in [1.165, 1.54) is 5.56 Å². The molecule has 1 rings (SSSR count). The van der Waals surface area contributed by atoms with Gasteiger partial charge in [-0.1, -0.05) is 6.07 Å². The van der Waals surface area contributed by atoms with E-state index in [2.05, 4.69) is 39.9 Å². The normalized spacial score (nSPS) is 12.9. The molecule has 68 valence electrons. The van der Waals surface area contributed by atoms with Gasteiger partial charge in [0.2, 0.25) is 0 Å². The third kappa shape index (κ3) is 3.99. The van der Waals surface area contributed by atoms with Crippen molar-refractivity contribution >= 4 is 20.9 Å². The van der Waals surface area contributed by atoms with E-state index in [-0.39, 0.29) is 0 Å². The smallest absolute Gasteiger partial charge is 0.0317 e. The monoisotopic (exact) mass is 202 g/mol. The first-order chi connectivity index (χ1) is 5.58. The number of pyridine rings is 1. The first-order valence-electron chi connectivity index (χ1n) is 3.67. The average Bonchev–Trinajstić information content (AvgIpc) is 2.02. The summed E-state index contributed by atoms with van der Waals surface area (Å²) in [6, 6.07) is 4.00. The number of hydrogen-bond donors (Lipinski definition) is 2. The van der Waals surface area contributed by atoms with Crippen LogP contribution in [0.5, 0.6) is 0 Å². The molecule has 0 radical (unpaired) electrons. The molecule has 1 aromatic rings. The van der Waals surface area contributed by atoms with Crippen LogP contribution in [0, 0.1) is 0 Å². The van der Waals surface area contributed by atoms with Crippen LogP contribution in [0.1, 0.15) is 5.56 Å². The molecule has 4 heteroatoms. The minimum Gasteiger partial charge on any atom is -0.269 e. The van der Waals surface area contributed by atoms with E-state index in [9.17, 15) is 0 Å². The minimum absolute atomic E-state index is 0.847. The summed E-state index contributed by atoms with van der Waals surface area (Å²) < 4.78 is 3.35. The summed E-state index contributed by atoms with van der Waals surface area (Å²) in [5, 5.41) is 0. The summed E-state index contributed by atoms with van der Waals surface area (Å²) in [5.41, 5.74) is 1.20. The quantitative estimate of drug-likeness (QED) is 0.579. The minimum atomic E-state index is -0.906. The number of thiol groups is 1.